The number of hydrogen-bond acceptors (Lipinski definition) is 5. The number of carbonyl (C=O) groups excluding carboxylic acids is 1. The molecule has 0 aromatic carbocycles. The molecule has 0 amide bonds. The van der Waals surface area contributed by atoms with Gasteiger partial charge in [0.2, 0.25) is 0 Å². The second-order valence-corrected chi connectivity index (χ2v) is 7.04. The minimum Gasteiger partial charge on any atom is -0.444 e. The number of esters is 1. The summed E-state index contributed by atoms with van der Waals surface area (Å²) >= 11 is 0. The van der Waals surface area contributed by atoms with Crippen LogP contribution in [-0.4, -0.2) is 35.1 Å². The molecule has 0 bridgehead atoms. The summed E-state index contributed by atoms with van der Waals surface area (Å²) in [7, 11) is 0. The number of allylic oxidation sites excluding steroid dienone is 2. The number of aliphatic hydroxyl groups is 2. The van der Waals surface area contributed by atoms with Gasteiger partial charge in [-0.05, 0) is 32.1 Å². The average Bonchev–Trinajstić information content (AvgIpc) is 2.64. The van der Waals surface area contributed by atoms with Gasteiger partial charge in [-0.2, -0.15) is 0 Å². The van der Waals surface area contributed by atoms with Crippen LogP contribution in [0.4, 0.5) is 0 Å². The minimum atomic E-state index is -1.21. The van der Waals surface area contributed by atoms with Crippen molar-refractivity contribution in [3.8, 4) is 0 Å². The van der Waals surface area contributed by atoms with Crippen molar-refractivity contribution in [1.29, 1.82) is 0 Å². The predicted molar refractivity (Wildman–Crippen MR) is 107 cm³/mol. The Bertz CT molecular complexity index is 347. The van der Waals surface area contributed by atoms with E-state index in [1.807, 2.05) is 0 Å². The van der Waals surface area contributed by atoms with E-state index in [1.165, 1.54) is 57.8 Å². The van der Waals surface area contributed by atoms with Crippen molar-refractivity contribution in [3.05, 3.63) is 12.2 Å². The molecule has 154 valence electrons. The molecular weight excluding hydrogens is 330 g/mol. The Kier molecular flexibility index (Phi) is 18.2. The maximum absolute atomic E-state index is 11.5. The number of aliphatic hydroxyl groups excluding tert-OH is 2. The van der Waals surface area contributed by atoms with Gasteiger partial charge in [-0.1, -0.05) is 70.4 Å². The van der Waals surface area contributed by atoms with Crippen molar-refractivity contribution in [2.45, 2.75) is 109 Å². The fourth-order valence-electron chi connectivity index (χ4n) is 2.73. The van der Waals surface area contributed by atoms with E-state index in [2.05, 4.69) is 19.1 Å². The van der Waals surface area contributed by atoms with Crippen molar-refractivity contribution in [1.82, 2.24) is 0 Å². The molecule has 0 saturated heterocycles. The lowest BCUT2D eigenvalue weighted by Gasteiger charge is -2.16. The maximum Gasteiger partial charge on any atom is 0.307 e. The number of nitrogens with two attached hydrogens (primary N) is 1. The van der Waals surface area contributed by atoms with Gasteiger partial charge >= 0.3 is 5.97 Å². The first-order valence-corrected chi connectivity index (χ1v) is 10.5. The first-order chi connectivity index (χ1) is 12.6. The highest BCUT2D eigenvalue weighted by Crippen LogP contribution is 2.10. The highest BCUT2D eigenvalue weighted by Gasteiger charge is 2.17. The van der Waals surface area contributed by atoms with E-state index >= 15 is 0 Å². The van der Waals surface area contributed by atoms with Gasteiger partial charge in [0.25, 0.3) is 0 Å². The Hall–Kier alpha value is -0.910. The SMILES string of the molecule is CCCCCCCC/C=C/CCCCCCCC(=O)OC(N)C(O)CO. The third kappa shape index (κ3) is 16.6. The molecule has 26 heavy (non-hydrogen) atoms. The van der Waals surface area contributed by atoms with E-state index in [0.29, 0.717) is 6.42 Å². The molecular formula is C21H41NO4. The molecule has 0 spiro atoms. The molecule has 5 heteroatoms. The number of ether oxygens (including phenoxy) is 1. The van der Waals surface area contributed by atoms with Gasteiger partial charge in [0.1, 0.15) is 6.10 Å². The fraction of sp³-hybridized carbons (Fsp3) is 0.857. The standard InChI is InChI=1S/C21H41NO4/c1-2-3-4-5-6-7-8-9-10-11-12-13-14-15-16-17-20(25)26-21(22)19(24)18-23/h9-10,19,21,23-24H,2-8,11-18,22H2,1H3/b10-9+. The molecule has 5 nitrogen and oxygen atoms in total. The summed E-state index contributed by atoms with van der Waals surface area (Å²) in [5, 5.41) is 17.9. The highest BCUT2D eigenvalue weighted by atomic mass is 16.6. The van der Waals surface area contributed by atoms with Crippen LogP contribution in [0.5, 0.6) is 0 Å². The zero-order valence-electron chi connectivity index (χ0n) is 16.7. The van der Waals surface area contributed by atoms with Crippen LogP contribution >= 0.6 is 0 Å². The topological polar surface area (TPSA) is 92.8 Å². The zero-order valence-corrected chi connectivity index (χ0v) is 16.7. The van der Waals surface area contributed by atoms with Gasteiger partial charge in [0.15, 0.2) is 6.23 Å². The molecule has 0 aliphatic heterocycles. The lowest BCUT2D eigenvalue weighted by Crippen LogP contribution is -2.41. The summed E-state index contributed by atoms with van der Waals surface area (Å²) in [6.45, 7) is 1.74. The van der Waals surface area contributed by atoms with Gasteiger partial charge in [-0.25, -0.2) is 0 Å². The molecule has 2 atom stereocenters. The van der Waals surface area contributed by atoms with Crippen molar-refractivity contribution in [2.75, 3.05) is 6.61 Å². The Balaban J connectivity index is 3.33. The molecule has 4 N–H and O–H groups in total. The quantitative estimate of drug-likeness (QED) is 0.145. The molecule has 2 unspecified atom stereocenters. The smallest absolute Gasteiger partial charge is 0.307 e. The fourth-order valence-corrected chi connectivity index (χ4v) is 2.73. The molecule has 0 heterocycles. The molecule has 0 aliphatic carbocycles. The monoisotopic (exact) mass is 371 g/mol. The minimum absolute atomic E-state index is 0.310. The van der Waals surface area contributed by atoms with E-state index in [1.54, 1.807) is 0 Å². The van der Waals surface area contributed by atoms with Crippen LogP contribution in [-0.2, 0) is 9.53 Å². The van der Waals surface area contributed by atoms with Gasteiger partial charge < -0.3 is 14.9 Å². The van der Waals surface area contributed by atoms with Crippen LogP contribution in [0.2, 0.25) is 0 Å². The number of carbonyl (C=O) groups is 1. The number of unbranched alkanes of at least 4 members (excludes halogenated alkanes) is 11. The van der Waals surface area contributed by atoms with Gasteiger partial charge in [-0.3, -0.25) is 10.5 Å². The summed E-state index contributed by atoms with van der Waals surface area (Å²) in [5.74, 6) is -0.414. The van der Waals surface area contributed by atoms with Crippen LogP contribution in [0.1, 0.15) is 96.8 Å². The Labute approximate surface area is 160 Å². The lowest BCUT2D eigenvalue weighted by molar-refractivity contribution is -0.156. The second-order valence-electron chi connectivity index (χ2n) is 7.04. The van der Waals surface area contributed by atoms with E-state index in [-0.39, 0.29) is 0 Å². The summed E-state index contributed by atoms with van der Waals surface area (Å²) < 4.78 is 4.84. The summed E-state index contributed by atoms with van der Waals surface area (Å²) in [6, 6.07) is 0. The zero-order chi connectivity index (χ0) is 19.5. The largest absolute Gasteiger partial charge is 0.444 e. The van der Waals surface area contributed by atoms with Crippen molar-refractivity contribution >= 4 is 5.97 Å². The van der Waals surface area contributed by atoms with E-state index < -0.39 is 24.9 Å². The molecule has 0 aromatic rings. The summed E-state index contributed by atoms with van der Waals surface area (Å²) in [5.41, 5.74) is 5.43. The summed E-state index contributed by atoms with van der Waals surface area (Å²) in [6.07, 6.45) is 18.3. The molecule has 0 aliphatic rings. The normalized spacial score (nSPS) is 13.8. The molecule has 0 fully saturated rings. The number of rotatable bonds is 18. The lowest BCUT2D eigenvalue weighted by atomic mass is 10.1. The Morgan fingerprint density at radius 1 is 0.923 bits per heavy atom. The molecule has 0 saturated carbocycles. The van der Waals surface area contributed by atoms with Crippen LogP contribution in [0.15, 0.2) is 12.2 Å². The Morgan fingerprint density at radius 2 is 1.42 bits per heavy atom. The maximum atomic E-state index is 11.5. The number of hydrogen-bond donors (Lipinski definition) is 3. The highest BCUT2D eigenvalue weighted by molar-refractivity contribution is 5.69. The molecule has 0 aromatic heterocycles. The van der Waals surface area contributed by atoms with E-state index in [9.17, 15) is 9.90 Å². The van der Waals surface area contributed by atoms with Gasteiger partial charge in [-0.15, -0.1) is 0 Å². The molecule has 0 rings (SSSR count). The molecule has 0 radical (unpaired) electrons. The summed E-state index contributed by atoms with van der Waals surface area (Å²) in [4.78, 5) is 11.5. The second kappa shape index (κ2) is 18.9. The predicted octanol–water partition coefficient (Wildman–Crippen LogP) is 4.21. The van der Waals surface area contributed by atoms with Crippen LogP contribution in [0.25, 0.3) is 0 Å². The van der Waals surface area contributed by atoms with Crippen LogP contribution in [0.3, 0.4) is 0 Å². The van der Waals surface area contributed by atoms with E-state index in [0.717, 1.165) is 25.7 Å². The van der Waals surface area contributed by atoms with Crippen LogP contribution in [0, 0.1) is 0 Å². The Morgan fingerprint density at radius 3 is 1.96 bits per heavy atom. The average molecular weight is 372 g/mol. The van der Waals surface area contributed by atoms with Crippen molar-refractivity contribution < 1.29 is 19.7 Å². The van der Waals surface area contributed by atoms with Gasteiger partial charge in [0, 0.05) is 6.42 Å². The van der Waals surface area contributed by atoms with Crippen molar-refractivity contribution in [3.63, 3.8) is 0 Å². The first kappa shape index (κ1) is 25.1. The van der Waals surface area contributed by atoms with E-state index in [4.69, 9.17) is 15.6 Å². The van der Waals surface area contributed by atoms with Gasteiger partial charge in [0.05, 0.1) is 6.61 Å². The van der Waals surface area contributed by atoms with Crippen molar-refractivity contribution in [2.24, 2.45) is 5.73 Å². The first-order valence-electron chi connectivity index (χ1n) is 10.5. The van der Waals surface area contributed by atoms with Crippen LogP contribution < -0.4 is 5.73 Å². The third-order valence-corrected chi connectivity index (χ3v) is 4.48. The third-order valence-electron chi connectivity index (χ3n) is 4.48.